The summed E-state index contributed by atoms with van der Waals surface area (Å²) in [6.07, 6.45) is 1.20. The van der Waals surface area contributed by atoms with E-state index in [0.717, 1.165) is 51.8 Å². The van der Waals surface area contributed by atoms with Gasteiger partial charge < -0.3 is 28.8 Å². The molecule has 1 fully saturated rings. The summed E-state index contributed by atoms with van der Waals surface area (Å²) in [6.45, 7) is 13.8. The number of imide groups is 1. The number of nitrogens with one attached hydrogen (secondary N) is 3. The van der Waals surface area contributed by atoms with Gasteiger partial charge in [0, 0.05) is 37.4 Å². The molecular weight excluding hydrogens is 959 g/mol. The van der Waals surface area contributed by atoms with Crippen molar-refractivity contribution < 1.29 is 42.9 Å². The Morgan fingerprint density at radius 1 is 0.889 bits per heavy atom. The summed E-state index contributed by atoms with van der Waals surface area (Å²) < 4.78 is 24.7. The minimum Gasteiger partial charge on any atom is -0.493 e. The molecule has 2 aromatic heterocycles. The van der Waals surface area contributed by atoms with Gasteiger partial charge in [-0.25, -0.2) is 19.7 Å². The molecule has 4 aromatic carbocycles. The number of aryl methyl sites for hydroxylation is 1. The second-order valence-corrected chi connectivity index (χ2v) is 21.2. The van der Waals surface area contributed by atoms with E-state index >= 15 is 0 Å². The lowest BCUT2D eigenvalue weighted by Gasteiger charge is -2.26. The first-order chi connectivity index (χ1) is 34.4. The van der Waals surface area contributed by atoms with Gasteiger partial charge in [-0.05, 0) is 111 Å². The predicted octanol–water partition coefficient (Wildman–Crippen LogP) is 9.24. The third-order valence-corrected chi connectivity index (χ3v) is 13.5. The van der Waals surface area contributed by atoms with Crippen molar-refractivity contribution in [1.82, 2.24) is 35.5 Å². The molecule has 0 bridgehead atoms. The van der Waals surface area contributed by atoms with Crippen LogP contribution in [0.1, 0.15) is 88.0 Å². The maximum Gasteiger partial charge on any atom is 0.414 e. The van der Waals surface area contributed by atoms with Crippen LogP contribution in [0.5, 0.6) is 11.5 Å². The number of hydrogen-bond donors (Lipinski definition) is 3. The fourth-order valence-electron chi connectivity index (χ4n) is 7.83. The lowest BCUT2D eigenvalue weighted by Crippen LogP contribution is -2.34. The van der Waals surface area contributed by atoms with Crippen LogP contribution in [0.3, 0.4) is 0 Å². The number of H-pyrrole nitrogens is 1. The van der Waals surface area contributed by atoms with Gasteiger partial charge in [-0.15, -0.1) is 16.9 Å². The fraction of sp³-hybridized carbons (Fsp3) is 0.365. The Hall–Kier alpha value is -7.19. The largest absolute Gasteiger partial charge is 0.493 e. The number of carbonyl (C=O) groups excluding carboxylic acids is 5. The monoisotopic (exact) mass is 1020 g/mol. The first-order valence-electron chi connectivity index (χ1n) is 23.5. The van der Waals surface area contributed by atoms with Crippen LogP contribution < -0.4 is 25.0 Å². The smallest absolute Gasteiger partial charge is 0.414 e. The summed E-state index contributed by atoms with van der Waals surface area (Å²) in [5.41, 5.74) is 5.55. The summed E-state index contributed by atoms with van der Waals surface area (Å²) in [6, 6.07) is 28.0. The standard InChI is InChI=1S/C52H59N9O9S2/c1-9-13-42-54-45(44(48(64)67-10-2)61(42)30-33-16-20-34(21-17-33)37-14-11-12-15-38(37)46-56-58-59-57-46)52(6,7)71-27-26-68-36-24-25-39(40(29-36)60(8)50(66)70-51(3,4)5)53-43(62)31-69-35-22-18-32(19-23-35)28-41-47(63)55-49(65)72-41/h11-12,14-25,29,41H,9-10,13,26-28,30-31H2,1-8H3,(H,53,62)(H,55,63,65)(H,56,57,58,59). The molecule has 3 N–H and O–H groups in total. The third kappa shape index (κ3) is 13.4. The van der Waals surface area contributed by atoms with Crippen LogP contribution in [0.15, 0.2) is 91.0 Å². The molecule has 1 unspecified atom stereocenters. The quantitative estimate of drug-likeness (QED) is 0.0452. The zero-order chi connectivity index (χ0) is 51.6. The van der Waals surface area contributed by atoms with E-state index in [1.54, 1.807) is 89.0 Å². The number of aromatic amines is 1. The van der Waals surface area contributed by atoms with Crippen molar-refractivity contribution in [2.45, 2.75) is 89.9 Å². The van der Waals surface area contributed by atoms with Gasteiger partial charge in [0.25, 0.3) is 11.1 Å². The Morgan fingerprint density at radius 3 is 2.25 bits per heavy atom. The first kappa shape index (κ1) is 52.6. The molecule has 1 saturated heterocycles. The van der Waals surface area contributed by atoms with Gasteiger partial charge in [0.15, 0.2) is 18.1 Å². The minimum absolute atomic E-state index is 0.203. The van der Waals surface area contributed by atoms with Crippen LogP contribution in [-0.2, 0) is 43.2 Å². The van der Waals surface area contributed by atoms with Crippen molar-refractivity contribution in [3.05, 3.63) is 119 Å². The third-order valence-electron chi connectivity index (χ3n) is 11.3. The van der Waals surface area contributed by atoms with E-state index in [4.69, 9.17) is 23.9 Å². The predicted molar refractivity (Wildman–Crippen MR) is 278 cm³/mol. The molecule has 1 aliphatic rings. The molecule has 1 atom stereocenters. The number of tetrazole rings is 1. The van der Waals surface area contributed by atoms with Crippen molar-refractivity contribution in [1.29, 1.82) is 0 Å². The Morgan fingerprint density at radius 2 is 1.60 bits per heavy atom. The minimum atomic E-state index is -0.784. The second-order valence-electron chi connectivity index (χ2n) is 18.3. The van der Waals surface area contributed by atoms with E-state index in [-0.39, 0.29) is 31.0 Å². The average molecular weight is 1020 g/mol. The molecule has 0 radical (unpaired) electrons. The van der Waals surface area contributed by atoms with E-state index in [1.165, 1.54) is 4.90 Å². The normalized spacial score (nSPS) is 13.6. The molecule has 18 nitrogen and oxygen atoms in total. The van der Waals surface area contributed by atoms with Gasteiger partial charge in [0.2, 0.25) is 5.91 Å². The number of imidazole rings is 1. The number of nitrogens with zero attached hydrogens (tertiary/aromatic N) is 6. The highest BCUT2D eigenvalue weighted by atomic mass is 32.2. The molecule has 72 heavy (non-hydrogen) atoms. The highest BCUT2D eigenvalue weighted by Gasteiger charge is 2.35. The lowest BCUT2D eigenvalue weighted by atomic mass is 9.98. The van der Waals surface area contributed by atoms with Crippen molar-refractivity contribution in [3.63, 3.8) is 0 Å². The van der Waals surface area contributed by atoms with Crippen LogP contribution in [-0.4, -0.2) is 103 Å². The number of benzene rings is 4. The van der Waals surface area contributed by atoms with Crippen molar-refractivity contribution >= 4 is 64.0 Å². The number of rotatable bonds is 21. The molecule has 378 valence electrons. The molecule has 0 saturated carbocycles. The number of carbonyl (C=O) groups is 5. The Balaban J connectivity index is 1.03. The van der Waals surface area contributed by atoms with E-state index in [9.17, 15) is 24.0 Å². The molecular formula is C52H59N9O9S2. The van der Waals surface area contributed by atoms with Crippen LogP contribution in [0.4, 0.5) is 21.0 Å². The van der Waals surface area contributed by atoms with Gasteiger partial charge in [-0.1, -0.05) is 79.3 Å². The zero-order valence-corrected chi connectivity index (χ0v) is 43.2. The van der Waals surface area contributed by atoms with Crippen LogP contribution in [0, 0.1) is 0 Å². The summed E-state index contributed by atoms with van der Waals surface area (Å²) in [5, 5.41) is 18.7. The number of anilines is 2. The van der Waals surface area contributed by atoms with E-state index < -0.39 is 33.6 Å². The summed E-state index contributed by atoms with van der Waals surface area (Å²) in [5.74, 6) is 1.49. The van der Waals surface area contributed by atoms with Gasteiger partial charge in [0.05, 0.1) is 40.3 Å². The van der Waals surface area contributed by atoms with E-state index in [0.29, 0.717) is 65.2 Å². The highest BCUT2D eigenvalue weighted by Crippen LogP contribution is 2.39. The van der Waals surface area contributed by atoms with Gasteiger partial charge in [-0.3, -0.25) is 24.6 Å². The summed E-state index contributed by atoms with van der Waals surface area (Å²) >= 11 is 2.54. The maximum atomic E-state index is 13.9. The Kier molecular flexibility index (Phi) is 17.1. The van der Waals surface area contributed by atoms with Crippen LogP contribution in [0.25, 0.3) is 22.5 Å². The van der Waals surface area contributed by atoms with E-state index in [1.807, 2.05) is 66.9 Å². The summed E-state index contributed by atoms with van der Waals surface area (Å²) in [4.78, 5) is 70.5. The number of amides is 4. The SMILES string of the molecule is CCCc1nc(C(C)(C)SCCOc2ccc(NC(=O)COc3ccc(CC4SC(=O)NC4=O)cc3)c(N(C)C(=O)OC(C)(C)C)c2)c(C(=O)OCC)n1Cc1ccc(-c2ccccc2-c2nnn[nH]2)cc1. The van der Waals surface area contributed by atoms with E-state index in [2.05, 4.69) is 38.2 Å². The van der Waals surface area contributed by atoms with Crippen LogP contribution >= 0.6 is 23.5 Å². The number of ether oxygens (including phenoxy) is 4. The molecule has 1 aliphatic heterocycles. The van der Waals surface area contributed by atoms with Crippen molar-refractivity contribution in [2.75, 3.05) is 42.8 Å². The second kappa shape index (κ2) is 23.4. The van der Waals surface area contributed by atoms with Crippen molar-refractivity contribution in [3.8, 4) is 34.0 Å². The molecule has 4 amide bonds. The Labute approximate surface area is 426 Å². The lowest BCUT2D eigenvalue weighted by molar-refractivity contribution is -0.119. The van der Waals surface area contributed by atoms with Gasteiger partial charge in [-0.2, -0.15) is 0 Å². The van der Waals surface area contributed by atoms with Crippen LogP contribution in [0.2, 0.25) is 0 Å². The molecule has 6 aromatic rings. The van der Waals surface area contributed by atoms with Gasteiger partial charge >= 0.3 is 12.1 Å². The average Bonchev–Trinajstić information content (AvgIpc) is 4.09. The Bertz CT molecular complexity index is 2880. The molecule has 0 aliphatic carbocycles. The number of hydrogen-bond acceptors (Lipinski definition) is 15. The number of esters is 1. The number of thioether (sulfide) groups is 2. The molecule has 20 heteroatoms. The van der Waals surface area contributed by atoms with Crippen molar-refractivity contribution in [2.24, 2.45) is 0 Å². The molecule has 7 rings (SSSR count). The fourth-order valence-corrected chi connectivity index (χ4v) is 9.65. The zero-order valence-electron chi connectivity index (χ0n) is 41.6. The topological polar surface area (TPSA) is 222 Å². The first-order valence-corrected chi connectivity index (χ1v) is 25.4. The molecule has 3 heterocycles. The number of aromatic nitrogens is 6. The molecule has 0 spiro atoms. The van der Waals surface area contributed by atoms with Gasteiger partial charge in [0.1, 0.15) is 22.9 Å². The summed E-state index contributed by atoms with van der Waals surface area (Å²) in [7, 11) is 1.55. The highest BCUT2D eigenvalue weighted by molar-refractivity contribution is 8.15. The maximum absolute atomic E-state index is 13.9.